The quantitative estimate of drug-likeness (QED) is 0.544. The molecule has 0 aromatic carbocycles. The van der Waals surface area contributed by atoms with Crippen molar-refractivity contribution in [3.8, 4) is 0 Å². The van der Waals surface area contributed by atoms with Gasteiger partial charge in [-0.2, -0.15) is 0 Å². The van der Waals surface area contributed by atoms with Gasteiger partial charge in [-0.05, 0) is 6.42 Å². The first-order valence-corrected chi connectivity index (χ1v) is 3.77. The molecule has 0 aliphatic carbocycles. The minimum atomic E-state index is 0.185. The Morgan fingerprint density at radius 2 is 2.18 bits per heavy atom. The van der Waals surface area contributed by atoms with Gasteiger partial charge in [0.05, 0.1) is 0 Å². The predicted octanol–water partition coefficient (Wildman–Crippen LogP) is 0.519. The predicted molar refractivity (Wildman–Crippen MR) is 41.3 cm³/mol. The Bertz CT molecular complexity index is 232. The standard InChI is InChI=1S/C8H10N2O/c11-8-3-6-10(7-8)9-4-1-2-5-9/h1,3-4,6H,2,5,7H2. The molecule has 3 nitrogen and oxygen atoms in total. The lowest BCUT2D eigenvalue weighted by atomic mass is 10.4. The van der Waals surface area contributed by atoms with E-state index in [1.54, 1.807) is 6.08 Å². The molecule has 0 unspecified atom stereocenters. The maximum absolute atomic E-state index is 10.8. The summed E-state index contributed by atoms with van der Waals surface area (Å²) < 4.78 is 0. The van der Waals surface area contributed by atoms with Crippen molar-refractivity contribution in [2.75, 3.05) is 13.1 Å². The lowest BCUT2D eigenvalue weighted by molar-refractivity contribution is -0.115. The van der Waals surface area contributed by atoms with Crippen LogP contribution in [0.15, 0.2) is 24.6 Å². The van der Waals surface area contributed by atoms with Crippen molar-refractivity contribution < 1.29 is 4.79 Å². The molecule has 0 saturated carbocycles. The topological polar surface area (TPSA) is 23.6 Å². The smallest absolute Gasteiger partial charge is 0.178 e. The molecule has 0 aromatic heterocycles. The van der Waals surface area contributed by atoms with Gasteiger partial charge in [-0.3, -0.25) is 14.8 Å². The van der Waals surface area contributed by atoms with E-state index in [2.05, 4.69) is 11.1 Å². The maximum atomic E-state index is 10.8. The number of carbonyl (C=O) groups excluding carboxylic acids is 1. The van der Waals surface area contributed by atoms with Crippen molar-refractivity contribution in [3.63, 3.8) is 0 Å². The van der Waals surface area contributed by atoms with E-state index in [4.69, 9.17) is 0 Å². The number of carbonyl (C=O) groups is 1. The average molecular weight is 150 g/mol. The van der Waals surface area contributed by atoms with Gasteiger partial charge in [0.25, 0.3) is 0 Å². The number of nitrogens with zero attached hydrogens (tertiary/aromatic N) is 2. The second-order valence-corrected chi connectivity index (χ2v) is 2.72. The van der Waals surface area contributed by atoms with Crippen molar-refractivity contribution in [3.05, 3.63) is 24.6 Å². The van der Waals surface area contributed by atoms with Gasteiger partial charge in [0, 0.05) is 25.0 Å². The highest BCUT2D eigenvalue weighted by atomic mass is 16.1. The first-order chi connectivity index (χ1) is 5.36. The molecule has 0 amide bonds. The Morgan fingerprint density at radius 1 is 1.27 bits per heavy atom. The zero-order valence-electron chi connectivity index (χ0n) is 6.23. The van der Waals surface area contributed by atoms with E-state index in [0.29, 0.717) is 6.54 Å². The first kappa shape index (κ1) is 6.46. The fourth-order valence-corrected chi connectivity index (χ4v) is 1.30. The minimum Gasteiger partial charge on any atom is -0.293 e. The van der Waals surface area contributed by atoms with E-state index >= 15 is 0 Å². The van der Waals surface area contributed by atoms with Gasteiger partial charge in [-0.25, -0.2) is 0 Å². The number of ketones is 1. The zero-order chi connectivity index (χ0) is 7.68. The second-order valence-electron chi connectivity index (χ2n) is 2.72. The van der Waals surface area contributed by atoms with E-state index in [0.717, 1.165) is 13.0 Å². The van der Waals surface area contributed by atoms with E-state index < -0.39 is 0 Å². The lowest BCUT2D eigenvalue weighted by Gasteiger charge is -2.26. The summed E-state index contributed by atoms with van der Waals surface area (Å²) in [5.41, 5.74) is 0. The van der Waals surface area contributed by atoms with Crippen LogP contribution in [0.5, 0.6) is 0 Å². The highest BCUT2D eigenvalue weighted by Gasteiger charge is 2.17. The highest BCUT2D eigenvalue weighted by molar-refractivity contribution is 5.93. The van der Waals surface area contributed by atoms with Gasteiger partial charge >= 0.3 is 0 Å². The minimum absolute atomic E-state index is 0.185. The number of hydrogen-bond donors (Lipinski definition) is 0. The molecule has 58 valence electrons. The Kier molecular flexibility index (Phi) is 1.42. The van der Waals surface area contributed by atoms with Gasteiger partial charge in [0.2, 0.25) is 0 Å². The Hall–Kier alpha value is -1.25. The van der Waals surface area contributed by atoms with Crippen LogP contribution in [0.1, 0.15) is 6.42 Å². The molecule has 2 aliphatic heterocycles. The molecule has 0 bridgehead atoms. The van der Waals surface area contributed by atoms with E-state index in [-0.39, 0.29) is 5.78 Å². The summed E-state index contributed by atoms with van der Waals surface area (Å²) in [5.74, 6) is 0.185. The summed E-state index contributed by atoms with van der Waals surface area (Å²) in [5, 5.41) is 3.99. The molecule has 0 radical (unpaired) electrons. The van der Waals surface area contributed by atoms with Crippen LogP contribution < -0.4 is 0 Å². The van der Waals surface area contributed by atoms with Gasteiger partial charge in [-0.15, -0.1) is 0 Å². The molecule has 0 saturated heterocycles. The Balaban J connectivity index is 2.01. The first-order valence-electron chi connectivity index (χ1n) is 3.77. The third-order valence-corrected chi connectivity index (χ3v) is 1.88. The Labute approximate surface area is 65.6 Å². The molecule has 2 rings (SSSR count). The molecule has 11 heavy (non-hydrogen) atoms. The molecule has 2 aliphatic rings. The van der Waals surface area contributed by atoms with Crippen LogP contribution in [0, 0.1) is 0 Å². The lowest BCUT2D eigenvalue weighted by Crippen LogP contribution is -2.33. The average Bonchev–Trinajstić information content (AvgIpc) is 2.55. The van der Waals surface area contributed by atoms with Crippen molar-refractivity contribution in [2.24, 2.45) is 0 Å². The molecule has 0 fully saturated rings. The maximum Gasteiger partial charge on any atom is 0.178 e. The molecular formula is C8H10N2O. The van der Waals surface area contributed by atoms with Crippen LogP contribution >= 0.6 is 0 Å². The molecule has 3 heteroatoms. The van der Waals surface area contributed by atoms with Gasteiger partial charge in [0.15, 0.2) is 5.78 Å². The summed E-state index contributed by atoms with van der Waals surface area (Å²) >= 11 is 0. The largest absolute Gasteiger partial charge is 0.293 e. The molecule has 2 heterocycles. The summed E-state index contributed by atoms with van der Waals surface area (Å²) in [4.78, 5) is 10.8. The van der Waals surface area contributed by atoms with Crippen molar-refractivity contribution in [1.82, 2.24) is 10.0 Å². The van der Waals surface area contributed by atoms with Crippen molar-refractivity contribution in [1.29, 1.82) is 0 Å². The summed E-state index contributed by atoms with van der Waals surface area (Å²) in [6.45, 7) is 1.50. The monoisotopic (exact) mass is 150 g/mol. The molecular weight excluding hydrogens is 140 g/mol. The van der Waals surface area contributed by atoms with Crippen LogP contribution in [0.4, 0.5) is 0 Å². The number of hydrogen-bond acceptors (Lipinski definition) is 3. The van der Waals surface area contributed by atoms with Crippen molar-refractivity contribution >= 4 is 5.78 Å². The van der Waals surface area contributed by atoms with Gasteiger partial charge in [0.1, 0.15) is 6.54 Å². The summed E-state index contributed by atoms with van der Waals surface area (Å²) in [6, 6.07) is 0. The second kappa shape index (κ2) is 2.42. The molecule has 0 spiro atoms. The molecule has 0 atom stereocenters. The number of hydrazine groups is 1. The van der Waals surface area contributed by atoms with E-state index in [1.807, 2.05) is 17.4 Å². The molecule has 0 aromatic rings. The van der Waals surface area contributed by atoms with Gasteiger partial charge < -0.3 is 0 Å². The zero-order valence-corrected chi connectivity index (χ0v) is 6.23. The van der Waals surface area contributed by atoms with Crippen LogP contribution in [0.2, 0.25) is 0 Å². The fraction of sp³-hybridized carbons (Fsp3) is 0.375. The van der Waals surface area contributed by atoms with Crippen LogP contribution in [0.3, 0.4) is 0 Å². The summed E-state index contributed by atoms with van der Waals surface area (Å²) in [6.07, 6.45) is 8.66. The summed E-state index contributed by atoms with van der Waals surface area (Å²) in [7, 11) is 0. The SMILES string of the molecule is O=C1C=CN(N2C=CCC2)C1. The highest BCUT2D eigenvalue weighted by Crippen LogP contribution is 2.11. The third kappa shape index (κ3) is 1.13. The normalized spacial score (nSPS) is 22.4. The van der Waals surface area contributed by atoms with Crippen LogP contribution in [-0.2, 0) is 4.79 Å². The molecule has 0 N–H and O–H groups in total. The van der Waals surface area contributed by atoms with Crippen molar-refractivity contribution in [2.45, 2.75) is 6.42 Å². The third-order valence-electron chi connectivity index (χ3n) is 1.88. The van der Waals surface area contributed by atoms with Gasteiger partial charge in [-0.1, -0.05) is 6.08 Å². The Morgan fingerprint density at radius 3 is 2.73 bits per heavy atom. The van der Waals surface area contributed by atoms with E-state index in [9.17, 15) is 4.79 Å². The fourth-order valence-electron chi connectivity index (χ4n) is 1.30. The number of rotatable bonds is 1. The van der Waals surface area contributed by atoms with Crippen LogP contribution in [-0.4, -0.2) is 28.9 Å². The van der Waals surface area contributed by atoms with Crippen LogP contribution in [0.25, 0.3) is 0 Å². The van der Waals surface area contributed by atoms with E-state index in [1.165, 1.54) is 0 Å².